The summed E-state index contributed by atoms with van der Waals surface area (Å²) in [6, 6.07) is 2.05. The quantitative estimate of drug-likeness (QED) is 0.831. The molecule has 0 aliphatic carbocycles. The largest absolute Gasteiger partial charge is 0.368 e. The van der Waals surface area contributed by atoms with E-state index in [4.69, 9.17) is 4.74 Å². The smallest absolute Gasteiger partial charge is 0.0789 e. The number of hydrogen-bond donors (Lipinski definition) is 1. The van der Waals surface area contributed by atoms with Gasteiger partial charge in [-0.25, -0.2) is 0 Å². The molecule has 0 radical (unpaired) electrons. The van der Waals surface area contributed by atoms with Gasteiger partial charge in [-0.3, -0.25) is 4.90 Å². The van der Waals surface area contributed by atoms with Gasteiger partial charge in [-0.05, 0) is 72.9 Å². The highest BCUT2D eigenvalue weighted by molar-refractivity contribution is 5.05. The molecular weight excluding hydrogens is 236 g/mol. The molecule has 3 saturated heterocycles. The lowest BCUT2D eigenvalue weighted by Crippen LogP contribution is -2.53. The van der Waals surface area contributed by atoms with E-state index >= 15 is 0 Å². The third-order valence-corrected chi connectivity index (χ3v) is 5.33. The Morgan fingerprint density at radius 1 is 1.11 bits per heavy atom. The van der Waals surface area contributed by atoms with E-state index < -0.39 is 0 Å². The van der Waals surface area contributed by atoms with Crippen LogP contribution in [0.3, 0.4) is 0 Å². The maximum atomic E-state index is 6.31. The lowest BCUT2D eigenvalue weighted by molar-refractivity contribution is -0.0824. The van der Waals surface area contributed by atoms with Gasteiger partial charge < -0.3 is 10.1 Å². The Labute approximate surface area is 118 Å². The monoisotopic (exact) mass is 266 g/mol. The summed E-state index contributed by atoms with van der Waals surface area (Å²) < 4.78 is 6.31. The van der Waals surface area contributed by atoms with Crippen LogP contribution in [0.4, 0.5) is 0 Å². The second kappa shape index (κ2) is 4.71. The van der Waals surface area contributed by atoms with Crippen molar-refractivity contribution in [3.63, 3.8) is 0 Å². The molecule has 3 heterocycles. The van der Waals surface area contributed by atoms with E-state index in [0.717, 1.165) is 12.1 Å². The first kappa shape index (κ1) is 13.8. The summed E-state index contributed by atoms with van der Waals surface area (Å²) in [5, 5.41) is 3.72. The Kier molecular flexibility index (Phi) is 3.43. The minimum atomic E-state index is -0.00923. The number of nitrogens with one attached hydrogen (secondary N) is 1. The van der Waals surface area contributed by atoms with Crippen molar-refractivity contribution in [1.82, 2.24) is 10.2 Å². The predicted octanol–water partition coefficient (Wildman–Crippen LogP) is 2.55. The molecule has 3 unspecified atom stereocenters. The molecule has 0 aromatic rings. The summed E-state index contributed by atoms with van der Waals surface area (Å²) in [4.78, 5) is 2.78. The minimum Gasteiger partial charge on any atom is -0.368 e. The van der Waals surface area contributed by atoms with Crippen LogP contribution in [-0.4, -0.2) is 47.3 Å². The lowest BCUT2D eigenvalue weighted by Gasteiger charge is -2.39. The van der Waals surface area contributed by atoms with Gasteiger partial charge >= 0.3 is 0 Å². The van der Waals surface area contributed by atoms with Crippen molar-refractivity contribution >= 4 is 0 Å². The second-order valence-corrected chi connectivity index (χ2v) is 7.84. The standard InChI is InChI=1S/C16H30N2O/c1-15(2)11-14(16(3,4)19-15)18-10-6-8-13(18)12-7-5-9-17-12/h12-14,17H,5-11H2,1-4H3. The maximum absolute atomic E-state index is 6.31. The van der Waals surface area contributed by atoms with E-state index in [-0.39, 0.29) is 11.2 Å². The lowest BCUT2D eigenvalue weighted by atomic mass is 9.91. The minimum absolute atomic E-state index is 0.00923. The molecule has 0 bridgehead atoms. The molecule has 3 rings (SSSR count). The summed E-state index contributed by atoms with van der Waals surface area (Å²) in [6.45, 7) is 11.5. The topological polar surface area (TPSA) is 24.5 Å². The van der Waals surface area contributed by atoms with E-state index in [1.807, 2.05) is 0 Å². The molecule has 3 atom stereocenters. The number of nitrogens with zero attached hydrogens (tertiary/aromatic N) is 1. The fourth-order valence-electron chi connectivity index (χ4n) is 4.72. The highest BCUT2D eigenvalue weighted by Gasteiger charge is 2.51. The van der Waals surface area contributed by atoms with Crippen molar-refractivity contribution in [1.29, 1.82) is 0 Å². The van der Waals surface area contributed by atoms with Crippen LogP contribution >= 0.6 is 0 Å². The molecule has 0 spiro atoms. The van der Waals surface area contributed by atoms with Crippen LogP contribution in [0.5, 0.6) is 0 Å². The van der Waals surface area contributed by atoms with Crippen molar-refractivity contribution in [2.45, 2.75) is 89.1 Å². The highest BCUT2D eigenvalue weighted by Crippen LogP contribution is 2.43. The molecule has 19 heavy (non-hydrogen) atoms. The van der Waals surface area contributed by atoms with Gasteiger partial charge in [0.1, 0.15) is 0 Å². The summed E-state index contributed by atoms with van der Waals surface area (Å²) in [5.41, 5.74) is 0.0229. The van der Waals surface area contributed by atoms with E-state index in [9.17, 15) is 0 Å². The Morgan fingerprint density at radius 2 is 1.89 bits per heavy atom. The zero-order valence-corrected chi connectivity index (χ0v) is 13.0. The predicted molar refractivity (Wildman–Crippen MR) is 78.4 cm³/mol. The van der Waals surface area contributed by atoms with Crippen molar-refractivity contribution in [3.8, 4) is 0 Å². The summed E-state index contributed by atoms with van der Waals surface area (Å²) in [6.07, 6.45) is 6.60. The van der Waals surface area contributed by atoms with Gasteiger partial charge in [0, 0.05) is 18.1 Å². The molecule has 0 aromatic carbocycles. The van der Waals surface area contributed by atoms with Crippen molar-refractivity contribution in [2.24, 2.45) is 0 Å². The second-order valence-electron chi connectivity index (χ2n) is 7.84. The third kappa shape index (κ3) is 2.57. The van der Waals surface area contributed by atoms with E-state index in [0.29, 0.717) is 6.04 Å². The van der Waals surface area contributed by atoms with Gasteiger partial charge in [0.05, 0.1) is 11.2 Å². The van der Waals surface area contributed by atoms with Crippen LogP contribution in [0.25, 0.3) is 0 Å². The average molecular weight is 266 g/mol. The Balaban J connectivity index is 1.77. The molecule has 1 N–H and O–H groups in total. The SMILES string of the molecule is CC1(C)CC(N2CCCC2C2CCCN2)C(C)(C)O1. The van der Waals surface area contributed by atoms with Gasteiger partial charge in [-0.1, -0.05) is 0 Å². The van der Waals surface area contributed by atoms with Crippen molar-refractivity contribution in [3.05, 3.63) is 0 Å². The fourth-order valence-corrected chi connectivity index (χ4v) is 4.72. The van der Waals surface area contributed by atoms with Crippen LogP contribution in [0.1, 0.15) is 59.8 Å². The van der Waals surface area contributed by atoms with E-state index in [1.165, 1.54) is 45.2 Å². The molecule has 3 heteroatoms. The first-order valence-corrected chi connectivity index (χ1v) is 8.08. The van der Waals surface area contributed by atoms with Gasteiger partial charge in [-0.15, -0.1) is 0 Å². The van der Waals surface area contributed by atoms with Crippen LogP contribution in [-0.2, 0) is 4.74 Å². The molecule has 3 aliphatic heterocycles. The number of hydrogen-bond acceptors (Lipinski definition) is 3. The molecule has 0 saturated carbocycles. The Hall–Kier alpha value is -0.120. The number of ether oxygens (including phenoxy) is 1. The zero-order valence-electron chi connectivity index (χ0n) is 13.0. The molecule has 3 fully saturated rings. The van der Waals surface area contributed by atoms with Gasteiger partial charge in [-0.2, -0.15) is 0 Å². The van der Waals surface area contributed by atoms with Crippen LogP contribution in [0.2, 0.25) is 0 Å². The maximum Gasteiger partial charge on any atom is 0.0789 e. The molecule has 3 nitrogen and oxygen atoms in total. The summed E-state index contributed by atoms with van der Waals surface area (Å²) in [5.74, 6) is 0. The van der Waals surface area contributed by atoms with Gasteiger partial charge in [0.2, 0.25) is 0 Å². The molecule has 110 valence electrons. The van der Waals surface area contributed by atoms with Crippen LogP contribution in [0, 0.1) is 0 Å². The fraction of sp³-hybridized carbons (Fsp3) is 1.00. The Morgan fingerprint density at radius 3 is 2.47 bits per heavy atom. The highest BCUT2D eigenvalue weighted by atomic mass is 16.5. The molecule has 0 amide bonds. The average Bonchev–Trinajstić information content (AvgIpc) is 2.96. The molecular formula is C16H30N2O. The number of likely N-dealkylation sites (tertiary alicyclic amines) is 1. The third-order valence-electron chi connectivity index (χ3n) is 5.33. The summed E-state index contributed by atoms with van der Waals surface area (Å²) in [7, 11) is 0. The van der Waals surface area contributed by atoms with E-state index in [2.05, 4.69) is 37.9 Å². The molecule has 3 aliphatic rings. The van der Waals surface area contributed by atoms with Crippen LogP contribution in [0.15, 0.2) is 0 Å². The van der Waals surface area contributed by atoms with Crippen molar-refractivity contribution < 1.29 is 4.74 Å². The van der Waals surface area contributed by atoms with Crippen molar-refractivity contribution in [2.75, 3.05) is 13.1 Å². The summed E-state index contributed by atoms with van der Waals surface area (Å²) >= 11 is 0. The number of rotatable bonds is 2. The van der Waals surface area contributed by atoms with Gasteiger partial charge in [0.15, 0.2) is 0 Å². The van der Waals surface area contributed by atoms with E-state index in [1.54, 1.807) is 0 Å². The molecule has 0 aromatic heterocycles. The first-order chi connectivity index (χ1) is 8.89. The zero-order chi connectivity index (χ0) is 13.7. The van der Waals surface area contributed by atoms with Crippen LogP contribution < -0.4 is 5.32 Å². The van der Waals surface area contributed by atoms with Gasteiger partial charge in [0.25, 0.3) is 0 Å². The first-order valence-electron chi connectivity index (χ1n) is 8.08. The normalized spacial score (nSPS) is 42.0. The Bertz CT molecular complexity index is 334.